The highest BCUT2D eigenvalue weighted by Crippen LogP contribution is 2.26. The summed E-state index contributed by atoms with van der Waals surface area (Å²) in [4.78, 5) is 11.4. The zero-order valence-electron chi connectivity index (χ0n) is 12.0. The second kappa shape index (κ2) is 5.87. The van der Waals surface area contributed by atoms with E-state index in [1.807, 2.05) is 18.2 Å². The molecule has 1 aliphatic heterocycles. The molecule has 2 N–H and O–H groups in total. The Hall–Kier alpha value is -1.85. The molecule has 2 heterocycles. The highest BCUT2D eigenvalue weighted by molar-refractivity contribution is 5.95. The number of ether oxygens (including phenoxy) is 1. The van der Waals surface area contributed by atoms with E-state index in [9.17, 15) is 9.90 Å². The molecule has 1 aromatic carbocycles. The van der Waals surface area contributed by atoms with E-state index in [-0.39, 0.29) is 11.8 Å². The van der Waals surface area contributed by atoms with Crippen LogP contribution < -0.4 is 5.32 Å². The van der Waals surface area contributed by atoms with Crippen molar-refractivity contribution in [2.75, 3.05) is 13.2 Å². The van der Waals surface area contributed by atoms with Crippen molar-refractivity contribution in [3.05, 3.63) is 35.6 Å². The van der Waals surface area contributed by atoms with E-state index in [1.54, 1.807) is 6.07 Å². The van der Waals surface area contributed by atoms with Gasteiger partial charge >= 0.3 is 5.97 Å². The number of furan rings is 1. The molecule has 2 atom stereocenters. The fraction of sp³-hybridized carbons (Fsp3) is 0.438. The van der Waals surface area contributed by atoms with Gasteiger partial charge < -0.3 is 19.6 Å². The number of rotatable bonds is 5. The van der Waals surface area contributed by atoms with Gasteiger partial charge in [0.05, 0.1) is 6.61 Å². The first-order chi connectivity index (χ1) is 10.2. The quantitative estimate of drug-likeness (QED) is 0.885. The standard InChI is InChI=1S/C16H19NO4/c1-10(11-6-7-20-9-11)17-8-13-12-4-2-3-5-14(12)21-15(13)16(18)19/h2-5,10-11,17H,6-9H2,1H3,(H,18,19). The maximum atomic E-state index is 11.4. The normalized spacial score (nSPS) is 20.0. The number of nitrogens with one attached hydrogen (secondary N) is 1. The van der Waals surface area contributed by atoms with Crippen LogP contribution in [0.25, 0.3) is 11.0 Å². The Balaban J connectivity index is 1.81. The van der Waals surface area contributed by atoms with E-state index in [0.717, 1.165) is 25.0 Å². The number of carbonyl (C=O) groups is 1. The molecule has 112 valence electrons. The Morgan fingerprint density at radius 3 is 3.00 bits per heavy atom. The zero-order chi connectivity index (χ0) is 14.8. The van der Waals surface area contributed by atoms with Gasteiger partial charge in [-0.2, -0.15) is 0 Å². The van der Waals surface area contributed by atoms with Crippen LogP contribution in [0.4, 0.5) is 0 Å². The first kappa shape index (κ1) is 14.1. The Morgan fingerprint density at radius 2 is 2.29 bits per heavy atom. The molecule has 0 saturated carbocycles. The number of carboxylic acid groups (broad SMARTS) is 1. The van der Waals surface area contributed by atoms with E-state index < -0.39 is 5.97 Å². The first-order valence-corrected chi connectivity index (χ1v) is 7.21. The van der Waals surface area contributed by atoms with Crippen LogP contribution in [-0.2, 0) is 11.3 Å². The van der Waals surface area contributed by atoms with Gasteiger partial charge in [0.2, 0.25) is 5.76 Å². The summed E-state index contributed by atoms with van der Waals surface area (Å²) >= 11 is 0. The molecule has 0 radical (unpaired) electrons. The van der Waals surface area contributed by atoms with Crippen LogP contribution in [0, 0.1) is 5.92 Å². The predicted octanol–water partition coefficient (Wildman–Crippen LogP) is 2.65. The number of fused-ring (bicyclic) bond motifs is 1. The minimum atomic E-state index is -1.03. The summed E-state index contributed by atoms with van der Waals surface area (Å²) in [5, 5.41) is 13.6. The third-order valence-electron chi connectivity index (χ3n) is 4.17. The van der Waals surface area contributed by atoms with Crippen molar-refractivity contribution in [2.45, 2.75) is 25.9 Å². The molecule has 5 nitrogen and oxygen atoms in total. The van der Waals surface area contributed by atoms with Crippen LogP contribution in [-0.4, -0.2) is 30.3 Å². The van der Waals surface area contributed by atoms with Gasteiger partial charge in [-0.05, 0) is 25.3 Å². The lowest BCUT2D eigenvalue weighted by molar-refractivity contribution is 0.0663. The zero-order valence-corrected chi connectivity index (χ0v) is 12.0. The monoisotopic (exact) mass is 289 g/mol. The number of carboxylic acids is 1. The average Bonchev–Trinajstić information content (AvgIpc) is 3.12. The van der Waals surface area contributed by atoms with E-state index in [0.29, 0.717) is 23.6 Å². The minimum Gasteiger partial charge on any atom is -0.475 e. The number of hydrogen-bond donors (Lipinski definition) is 2. The van der Waals surface area contributed by atoms with Crippen molar-refractivity contribution < 1.29 is 19.1 Å². The van der Waals surface area contributed by atoms with Crippen molar-refractivity contribution in [1.29, 1.82) is 0 Å². The van der Waals surface area contributed by atoms with Crippen molar-refractivity contribution in [2.24, 2.45) is 5.92 Å². The number of benzene rings is 1. The molecule has 1 saturated heterocycles. The Bertz CT molecular complexity index is 643. The van der Waals surface area contributed by atoms with Crippen molar-refractivity contribution in [3.63, 3.8) is 0 Å². The third-order valence-corrected chi connectivity index (χ3v) is 4.17. The summed E-state index contributed by atoms with van der Waals surface area (Å²) in [7, 11) is 0. The smallest absolute Gasteiger partial charge is 0.372 e. The number of hydrogen-bond acceptors (Lipinski definition) is 4. The third kappa shape index (κ3) is 2.80. The highest BCUT2D eigenvalue weighted by Gasteiger charge is 2.24. The Morgan fingerprint density at radius 1 is 1.48 bits per heavy atom. The molecule has 0 spiro atoms. The highest BCUT2D eigenvalue weighted by atomic mass is 16.5. The van der Waals surface area contributed by atoms with Crippen LogP contribution in [0.2, 0.25) is 0 Å². The van der Waals surface area contributed by atoms with Gasteiger partial charge in [0.25, 0.3) is 0 Å². The summed E-state index contributed by atoms with van der Waals surface area (Å²) in [5.41, 5.74) is 1.33. The van der Waals surface area contributed by atoms with Gasteiger partial charge in [-0.25, -0.2) is 4.79 Å². The van der Waals surface area contributed by atoms with Gasteiger partial charge in [0.1, 0.15) is 5.58 Å². The molecule has 5 heteroatoms. The van der Waals surface area contributed by atoms with Gasteiger partial charge in [-0.15, -0.1) is 0 Å². The first-order valence-electron chi connectivity index (χ1n) is 7.21. The fourth-order valence-electron chi connectivity index (χ4n) is 2.82. The van der Waals surface area contributed by atoms with Crippen molar-refractivity contribution in [1.82, 2.24) is 5.32 Å². The van der Waals surface area contributed by atoms with Gasteiger partial charge in [0, 0.05) is 30.1 Å². The van der Waals surface area contributed by atoms with Crippen molar-refractivity contribution in [3.8, 4) is 0 Å². The lowest BCUT2D eigenvalue weighted by Crippen LogP contribution is -2.33. The molecule has 0 amide bonds. The largest absolute Gasteiger partial charge is 0.475 e. The van der Waals surface area contributed by atoms with E-state index >= 15 is 0 Å². The van der Waals surface area contributed by atoms with Crippen LogP contribution in [0.15, 0.2) is 28.7 Å². The molecular weight excluding hydrogens is 270 g/mol. The van der Waals surface area contributed by atoms with Gasteiger partial charge in [0.15, 0.2) is 0 Å². The van der Waals surface area contributed by atoms with E-state index in [1.165, 1.54) is 0 Å². The second-order valence-electron chi connectivity index (χ2n) is 5.50. The second-order valence-corrected chi connectivity index (χ2v) is 5.50. The van der Waals surface area contributed by atoms with Crippen molar-refractivity contribution >= 4 is 16.9 Å². The van der Waals surface area contributed by atoms with E-state index in [2.05, 4.69) is 12.2 Å². The molecule has 0 aliphatic carbocycles. The number of aromatic carboxylic acids is 1. The minimum absolute atomic E-state index is 0.0265. The van der Waals surface area contributed by atoms with Crippen LogP contribution in [0.3, 0.4) is 0 Å². The summed E-state index contributed by atoms with van der Waals surface area (Å²) in [5.74, 6) is -0.519. The number of para-hydroxylation sites is 1. The van der Waals surface area contributed by atoms with Gasteiger partial charge in [-0.3, -0.25) is 0 Å². The Kier molecular flexibility index (Phi) is 3.94. The molecule has 1 fully saturated rings. The SMILES string of the molecule is CC(NCc1c(C(=O)O)oc2ccccc12)C1CCOC1. The lowest BCUT2D eigenvalue weighted by Gasteiger charge is -2.19. The average molecular weight is 289 g/mol. The van der Waals surface area contributed by atoms with Crippen LogP contribution in [0.1, 0.15) is 29.5 Å². The maximum Gasteiger partial charge on any atom is 0.372 e. The van der Waals surface area contributed by atoms with Gasteiger partial charge in [-0.1, -0.05) is 18.2 Å². The topological polar surface area (TPSA) is 71.7 Å². The fourth-order valence-corrected chi connectivity index (χ4v) is 2.82. The summed E-state index contributed by atoms with van der Waals surface area (Å²) < 4.78 is 10.8. The lowest BCUT2D eigenvalue weighted by atomic mass is 10.0. The molecule has 2 aromatic rings. The molecule has 1 aromatic heterocycles. The summed E-state index contributed by atoms with van der Waals surface area (Å²) in [6.45, 7) is 4.18. The molecule has 2 unspecified atom stereocenters. The van der Waals surface area contributed by atoms with Crippen LogP contribution in [0.5, 0.6) is 0 Å². The molecule has 21 heavy (non-hydrogen) atoms. The Labute approximate surface area is 122 Å². The molecule has 0 bridgehead atoms. The summed E-state index contributed by atoms with van der Waals surface area (Å²) in [6, 6.07) is 7.70. The molecule has 1 aliphatic rings. The van der Waals surface area contributed by atoms with Crippen LogP contribution >= 0.6 is 0 Å². The summed E-state index contributed by atoms with van der Waals surface area (Å²) in [6.07, 6.45) is 1.05. The maximum absolute atomic E-state index is 11.4. The molecular formula is C16H19NO4. The van der Waals surface area contributed by atoms with E-state index in [4.69, 9.17) is 9.15 Å². The predicted molar refractivity (Wildman–Crippen MR) is 78.4 cm³/mol. The molecule has 3 rings (SSSR count).